The number of sulfonamides is 1. The molecule has 2 aliphatic heterocycles. The van der Waals surface area contributed by atoms with Gasteiger partial charge >= 0.3 is 5.97 Å². The number of hydrogen-bond donors (Lipinski definition) is 2. The molecule has 0 radical (unpaired) electrons. The van der Waals surface area contributed by atoms with E-state index in [1.54, 1.807) is 24.4 Å². The molecule has 0 amide bonds. The van der Waals surface area contributed by atoms with Crippen LogP contribution in [0.15, 0.2) is 60.8 Å². The van der Waals surface area contributed by atoms with E-state index in [2.05, 4.69) is 37.0 Å². The van der Waals surface area contributed by atoms with Gasteiger partial charge in [0.2, 0.25) is 16.0 Å². The maximum atomic E-state index is 11.6. The highest BCUT2D eigenvalue weighted by atomic mass is 32.2. The third-order valence-corrected chi connectivity index (χ3v) is 7.27. The predicted molar refractivity (Wildman–Crippen MR) is 146 cm³/mol. The standard InChI is InChI=1S/C27H31N5O5S/c1-38(34,35)31-22-4-2-20(3-5-22)24-10-14-28-27(30-24)29-21-6-8-23(9-7-21)32-15-11-19(12-16-32)18-37-25-13-17-36-26(25)33/h2-10,14,19,25,31H,11-13,15-18H2,1H3,(H,28,29,30). The molecule has 0 bridgehead atoms. The molecule has 0 aliphatic carbocycles. The molecular formula is C27H31N5O5S. The summed E-state index contributed by atoms with van der Waals surface area (Å²) in [4.78, 5) is 22.9. The van der Waals surface area contributed by atoms with Crippen LogP contribution in [0.2, 0.25) is 0 Å². The maximum Gasteiger partial charge on any atom is 0.335 e. The summed E-state index contributed by atoms with van der Waals surface area (Å²) in [5.74, 6) is 0.698. The number of cyclic esters (lactones) is 1. The first-order chi connectivity index (χ1) is 18.3. The Kier molecular flexibility index (Phi) is 7.75. The van der Waals surface area contributed by atoms with Gasteiger partial charge in [0.25, 0.3) is 0 Å². The van der Waals surface area contributed by atoms with E-state index in [1.807, 2.05) is 24.3 Å². The number of nitrogens with one attached hydrogen (secondary N) is 2. The Balaban J connectivity index is 1.14. The van der Waals surface area contributed by atoms with E-state index in [9.17, 15) is 13.2 Å². The van der Waals surface area contributed by atoms with Gasteiger partial charge in [0.05, 0.1) is 25.2 Å². The Hall–Kier alpha value is -3.70. The summed E-state index contributed by atoms with van der Waals surface area (Å²) in [6.45, 7) is 2.96. The normalized spacial score (nSPS) is 18.3. The molecule has 200 valence electrons. The SMILES string of the molecule is CS(=O)(=O)Nc1ccc(-c2ccnc(Nc3ccc(N4CCC(COC5CCOC5=O)CC4)cc3)n2)cc1. The molecule has 3 heterocycles. The number of ether oxygens (including phenoxy) is 2. The van der Waals surface area contributed by atoms with Crippen molar-refractivity contribution in [3.8, 4) is 11.3 Å². The highest BCUT2D eigenvalue weighted by Gasteiger charge is 2.29. The van der Waals surface area contributed by atoms with Crippen LogP contribution in [0.25, 0.3) is 11.3 Å². The van der Waals surface area contributed by atoms with Crippen molar-refractivity contribution >= 4 is 39.0 Å². The molecule has 2 saturated heterocycles. The van der Waals surface area contributed by atoms with E-state index < -0.39 is 10.0 Å². The Bertz CT molecular complexity index is 1360. The first-order valence-corrected chi connectivity index (χ1v) is 14.5. The summed E-state index contributed by atoms with van der Waals surface area (Å²) in [5.41, 5.74) is 4.11. The van der Waals surface area contributed by atoms with E-state index >= 15 is 0 Å². The van der Waals surface area contributed by atoms with Gasteiger partial charge in [-0.25, -0.2) is 23.2 Å². The molecule has 2 aliphatic rings. The molecule has 2 N–H and O–H groups in total. The third kappa shape index (κ3) is 6.78. The van der Waals surface area contributed by atoms with Crippen LogP contribution in [0.1, 0.15) is 19.3 Å². The second kappa shape index (κ2) is 11.4. The number of rotatable bonds is 9. The van der Waals surface area contributed by atoms with Crippen molar-refractivity contribution in [2.75, 3.05) is 47.5 Å². The molecule has 0 spiro atoms. The first kappa shape index (κ1) is 25.9. The topological polar surface area (TPSA) is 123 Å². The Morgan fingerprint density at radius 1 is 1.00 bits per heavy atom. The summed E-state index contributed by atoms with van der Waals surface area (Å²) >= 11 is 0. The molecule has 5 rings (SSSR count). The second-order valence-electron chi connectivity index (χ2n) is 9.60. The van der Waals surface area contributed by atoms with Crippen LogP contribution in [-0.4, -0.2) is 63.0 Å². The van der Waals surface area contributed by atoms with Crippen molar-refractivity contribution in [1.29, 1.82) is 0 Å². The number of hydrogen-bond acceptors (Lipinski definition) is 9. The van der Waals surface area contributed by atoms with E-state index in [-0.39, 0.29) is 12.1 Å². The smallest absolute Gasteiger partial charge is 0.335 e. The molecule has 1 atom stereocenters. The van der Waals surface area contributed by atoms with Gasteiger partial charge < -0.3 is 19.7 Å². The highest BCUT2D eigenvalue weighted by Crippen LogP contribution is 2.27. The monoisotopic (exact) mass is 537 g/mol. The van der Waals surface area contributed by atoms with Crippen molar-refractivity contribution in [3.63, 3.8) is 0 Å². The van der Waals surface area contributed by atoms with Crippen LogP contribution in [-0.2, 0) is 24.3 Å². The first-order valence-electron chi connectivity index (χ1n) is 12.6. The van der Waals surface area contributed by atoms with Gasteiger partial charge in [-0.1, -0.05) is 12.1 Å². The third-order valence-electron chi connectivity index (χ3n) is 6.66. The van der Waals surface area contributed by atoms with Gasteiger partial charge in [-0.3, -0.25) is 4.72 Å². The number of carbonyl (C=O) groups is 1. The molecule has 3 aromatic rings. The zero-order chi connectivity index (χ0) is 26.5. The van der Waals surface area contributed by atoms with Crippen molar-refractivity contribution in [2.24, 2.45) is 5.92 Å². The van der Waals surface area contributed by atoms with Crippen molar-refractivity contribution in [1.82, 2.24) is 9.97 Å². The minimum Gasteiger partial charge on any atom is -0.464 e. The number of piperidine rings is 1. The zero-order valence-electron chi connectivity index (χ0n) is 21.2. The minimum absolute atomic E-state index is 0.230. The maximum absolute atomic E-state index is 11.6. The lowest BCUT2D eigenvalue weighted by Crippen LogP contribution is -2.36. The van der Waals surface area contributed by atoms with Gasteiger partial charge in [0, 0.05) is 48.3 Å². The zero-order valence-corrected chi connectivity index (χ0v) is 22.0. The minimum atomic E-state index is -3.32. The van der Waals surface area contributed by atoms with E-state index in [1.165, 1.54) is 0 Å². The van der Waals surface area contributed by atoms with Crippen molar-refractivity contribution in [2.45, 2.75) is 25.4 Å². The average Bonchev–Trinajstić information content (AvgIpc) is 3.32. The Labute approximate surface area is 222 Å². The summed E-state index contributed by atoms with van der Waals surface area (Å²) < 4.78 is 36.0. The summed E-state index contributed by atoms with van der Waals surface area (Å²) in [5, 5.41) is 3.25. The molecule has 38 heavy (non-hydrogen) atoms. The molecule has 11 heteroatoms. The van der Waals surface area contributed by atoms with Gasteiger partial charge in [-0.05, 0) is 61.2 Å². The molecule has 2 aromatic carbocycles. The van der Waals surface area contributed by atoms with E-state index in [0.717, 1.165) is 54.8 Å². The fourth-order valence-corrected chi connectivity index (χ4v) is 5.19. The Morgan fingerprint density at radius 3 is 2.37 bits per heavy atom. The summed E-state index contributed by atoms with van der Waals surface area (Å²) in [6.07, 6.45) is 5.12. The quantitative estimate of drug-likeness (QED) is 0.392. The van der Waals surface area contributed by atoms with Gasteiger partial charge in [0.15, 0.2) is 6.10 Å². The van der Waals surface area contributed by atoms with Crippen LogP contribution in [0, 0.1) is 5.92 Å². The number of esters is 1. The fourth-order valence-electron chi connectivity index (χ4n) is 4.63. The lowest BCUT2D eigenvalue weighted by molar-refractivity contribution is -0.148. The Morgan fingerprint density at radius 2 is 1.71 bits per heavy atom. The predicted octanol–water partition coefficient (Wildman–Crippen LogP) is 3.81. The number of benzene rings is 2. The van der Waals surface area contributed by atoms with Gasteiger partial charge in [-0.15, -0.1) is 0 Å². The average molecular weight is 538 g/mol. The number of carbonyl (C=O) groups excluding carboxylic acids is 1. The molecule has 0 saturated carbocycles. The van der Waals surface area contributed by atoms with Crippen LogP contribution < -0.4 is 14.9 Å². The number of aromatic nitrogens is 2. The van der Waals surface area contributed by atoms with Crippen LogP contribution >= 0.6 is 0 Å². The molecule has 1 unspecified atom stereocenters. The molecule has 10 nitrogen and oxygen atoms in total. The second-order valence-corrected chi connectivity index (χ2v) is 11.3. The van der Waals surface area contributed by atoms with E-state index in [0.29, 0.717) is 37.2 Å². The number of anilines is 4. The highest BCUT2D eigenvalue weighted by molar-refractivity contribution is 7.92. The van der Waals surface area contributed by atoms with Crippen LogP contribution in [0.4, 0.5) is 23.0 Å². The molecule has 2 fully saturated rings. The van der Waals surface area contributed by atoms with Gasteiger partial charge in [0.1, 0.15) is 0 Å². The van der Waals surface area contributed by atoms with Crippen molar-refractivity contribution in [3.05, 3.63) is 60.8 Å². The van der Waals surface area contributed by atoms with Crippen LogP contribution in [0.5, 0.6) is 0 Å². The fraction of sp³-hybridized carbons (Fsp3) is 0.370. The lowest BCUT2D eigenvalue weighted by atomic mass is 9.97. The lowest BCUT2D eigenvalue weighted by Gasteiger charge is -2.33. The summed E-state index contributed by atoms with van der Waals surface area (Å²) in [7, 11) is -3.32. The van der Waals surface area contributed by atoms with Crippen molar-refractivity contribution < 1.29 is 22.7 Å². The van der Waals surface area contributed by atoms with Gasteiger partial charge in [-0.2, -0.15) is 0 Å². The molecular weight excluding hydrogens is 506 g/mol. The molecule has 1 aromatic heterocycles. The van der Waals surface area contributed by atoms with E-state index in [4.69, 9.17) is 9.47 Å². The number of nitrogens with zero attached hydrogens (tertiary/aromatic N) is 3. The van der Waals surface area contributed by atoms with Crippen LogP contribution in [0.3, 0.4) is 0 Å². The summed E-state index contributed by atoms with van der Waals surface area (Å²) in [6, 6.07) is 17.0. The largest absolute Gasteiger partial charge is 0.464 e.